The van der Waals surface area contributed by atoms with Crippen LogP contribution in [0.3, 0.4) is 0 Å². The number of Topliss-reactive ketones (excluding diaryl/α,β-unsaturated/α-hetero) is 1. The molecule has 2 amide bonds. The summed E-state index contributed by atoms with van der Waals surface area (Å²) in [5.41, 5.74) is 2.61. The summed E-state index contributed by atoms with van der Waals surface area (Å²) in [7, 11) is 1.55. The molecule has 4 heterocycles. The molecule has 150 valence electrons. The Hall–Kier alpha value is -3.81. The quantitative estimate of drug-likeness (QED) is 0.626. The van der Waals surface area contributed by atoms with E-state index in [1.165, 1.54) is 9.80 Å². The number of fused-ring (bicyclic) bond motifs is 5. The van der Waals surface area contributed by atoms with Crippen LogP contribution in [0.2, 0.25) is 0 Å². The number of likely N-dealkylation sites (N-methyl/N-ethyl adjacent to an activating group) is 1. The molecule has 30 heavy (non-hydrogen) atoms. The summed E-state index contributed by atoms with van der Waals surface area (Å²) in [6.07, 6.45) is 0. The number of ketones is 1. The SMILES string of the molecule is CN1CC(=O)N2C(C(=O)c3c([nH]c4ccccc34)[C@H]2c2ccc3c(c2)OCO3)C1=O. The minimum absolute atomic E-state index is 0.0702. The van der Waals surface area contributed by atoms with Gasteiger partial charge in [-0.2, -0.15) is 0 Å². The lowest BCUT2D eigenvalue weighted by atomic mass is 9.85. The first-order chi connectivity index (χ1) is 14.5. The molecule has 8 nitrogen and oxygen atoms in total. The molecule has 0 aliphatic carbocycles. The Balaban J connectivity index is 1.63. The zero-order chi connectivity index (χ0) is 20.6. The van der Waals surface area contributed by atoms with Crippen molar-refractivity contribution in [2.24, 2.45) is 0 Å². The molecular weight excluding hydrogens is 386 g/mol. The zero-order valence-electron chi connectivity index (χ0n) is 16.0. The molecule has 1 aromatic heterocycles. The van der Waals surface area contributed by atoms with Crippen LogP contribution in [-0.4, -0.2) is 58.8 Å². The van der Waals surface area contributed by atoms with Crippen LogP contribution in [0, 0.1) is 0 Å². The Kier molecular flexibility index (Phi) is 3.33. The fourth-order valence-corrected chi connectivity index (χ4v) is 4.69. The molecule has 6 rings (SSSR count). The number of carbonyl (C=O) groups is 3. The lowest BCUT2D eigenvalue weighted by Gasteiger charge is -2.45. The van der Waals surface area contributed by atoms with Crippen molar-refractivity contribution in [1.29, 1.82) is 0 Å². The smallest absolute Gasteiger partial charge is 0.253 e. The highest BCUT2D eigenvalue weighted by molar-refractivity contribution is 6.23. The average Bonchev–Trinajstić information content (AvgIpc) is 3.36. The van der Waals surface area contributed by atoms with E-state index in [9.17, 15) is 14.4 Å². The number of rotatable bonds is 1. The van der Waals surface area contributed by atoms with E-state index in [2.05, 4.69) is 4.98 Å². The molecule has 2 aromatic carbocycles. The van der Waals surface area contributed by atoms with Gasteiger partial charge >= 0.3 is 0 Å². The van der Waals surface area contributed by atoms with Gasteiger partial charge in [0, 0.05) is 18.0 Å². The first kappa shape index (κ1) is 17.1. The number of hydrogen-bond acceptors (Lipinski definition) is 5. The van der Waals surface area contributed by atoms with Crippen molar-refractivity contribution < 1.29 is 23.9 Å². The fraction of sp³-hybridized carbons (Fsp3) is 0.227. The maximum absolute atomic E-state index is 13.5. The van der Waals surface area contributed by atoms with Gasteiger partial charge in [0.05, 0.1) is 23.8 Å². The van der Waals surface area contributed by atoms with Crippen LogP contribution in [-0.2, 0) is 9.59 Å². The minimum atomic E-state index is -1.18. The van der Waals surface area contributed by atoms with Gasteiger partial charge in [0.1, 0.15) is 0 Å². The molecule has 0 radical (unpaired) electrons. The molecule has 3 aliphatic heterocycles. The van der Waals surface area contributed by atoms with Gasteiger partial charge in [0.2, 0.25) is 12.7 Å². The van der Waals surface area contributed by atoms with Gasteiger partial charge in [-0.25, -0.2) is 0 Å². The van der Waals surface area contributed by atoms with Crippen molar-refractivity contribution in [3.05, 3.63) is 59.3 Å². The molecule has 1 N–H and O–H groups in total. The minimum Gasteiger partial charge on any atom is -0.454 e. The third kappa shape index (κ3) is 2.13. The van der Waals surface area contributed by atoms with Crippen LogP contribution in [0.15, 0.2) is 42.5 Å². The lowest BCUT2D eigenvalue weighted by Crippen LogP contribution is -2.64. The summed E-state index contributed by atoms with van der Waals surface area (Å²) in [6, 6.07) is 11.1. The zero-order valence-corrected chi connectivity index (χ0v) is 16.0. The highest BCUT2D eigenvalue weighted by Crippen LogP contribution is 2.44. The van der Waals surface area contributed by atoms with Crippen LogP contribution in [0.5, 0.6) is 11.5 Å². The molecule has 1 unspecified atom stereocenters. The first-order valence-electron chi connectivity index (χ1n) is 9.65. The monoisotopic (exact) mass is 403 g/mol. The van der Waals surface area contributed by atoms with Crippen molar-refractivity contribution in [2.45, 2.75) is 12.1 Å². The summed E-state index contributed by atoms with van der Waals surface area (Å²) in [4.78, 5) is 45.6. The molecule has 0 spiro atoms. The second-order valence-electron chi connectivity index (χ2n) is 7.74. The number of aromatic amines is 1. The maximum atomic E-state index is 13.5. The van der Waals surface area contributed by atoms with E-state index in [0.29, 0.717) is 22.8 Å². The van der Waals surface area contributed by atoms with E-state index in [4.69, 9.17) is 9.47 Å². The number of carbonyl (C=O) groups excluding carboxylic acids is 3. The molecule has 0 bridgehead atoms. The van der Waals surface area contributed by atoms with E-state index >= 15 is 0 Å². The number of benzene rings is 2. The lowest BCUT2D eigenvalue weighted by molar-refractivity contribution is -0.154. The van der Waals surface area contributed by atoms with E-state index in [1.54, 1.807) is 13.1 Å². The highest BCUT2D eigenvalue weighted by atomic mass is 16.7. The van der Waals surface area contributed by atoms with Gasteiger partial charge in [-0.1, -0.05) is 24.3 Å². The largest absolute Gasteiger partial charge is 0.454 e. The van der Waals surface area contributed by atoms with E-state index in [1.807, 2.05) is 36.4 Å². The van der Waals surface area contributed by atoms with Gasteiger partial charge < -0.3 is 24.3 Å². The topological polar surface area (TPSA) is 91.9 Å². The summed E-state index contributed by atoms with van der Waals surface area (Å²) >= 11 is 0. The van der Waals surface area contributed by atoms with Crippen molar-refractivity contribution in [3.8, 4) is 11.5 Å². The number of amides is 2. The molecule has 1 saturated heterocycles. The fourth-order valence-electron chi connectivity index (χ4n) is 4.69. The van der Waals surface area contributed by atoms with Gasteiger partial charge in [-0.15, -0.1) is 0 Å². The molecule has 3 aliphatic rings. The average molecular weight is 403 g/mol. The van der Waals surface area contributed by atoms with Crippen molar-refractivity contribution in [1.82, 2.24) is 14.8 Å². The van der Waals surface area contributed by atoms with Crippen LogP contribution in [0.4, 0.5) is 0 Å². The Morgan fingerprint density at radius 1 is 1.00 bits per heavy atom. The number of H-pyrrole nitrogens is 1. The van der Waals surface area contributed by atoms with Crippen LogP contribution >= 0.6 is 0 Å². The summed E-state index contributed by atoms with van der Waals surface area (Å²) in [6.45, 7) is 0.0629. The standard InChI is InChI=1S/C22H17N3O5/c1-24-9-16(26)25-19(11-6-7-14-15(8-11)30-10-29-14)18-17(21(27)20(25)22(24)28)12-4-2-3-5-13(12)23-18/h2-8,19-20,23H,9-10H2,1H3/t19-,20?/m1/s1. The Bertz CT molecular complexity index is 1260. The number of aromatic nitrogens is 1. The molecule has 0 saturated carbocycles. The number of nitrogens with one attached hydrogen (secondary N) is 1. The number of ether oxygens (including phenoxy) is 2. The van der Waals surface area contributed by atoms with E-state index in [0.717, 1.165) is 16.5 Å². The van der Waals surface area contributed by atoms with Gasteiger partial charge in [0.15, 0.2) is 23.3 Å². The van der Waals surface area contributed by atoms with E-state index in [-0.39, 0.29) is 30.9 Å². The second-order valence-corrected chi connectivity index (χ2v) is 7.74. The molecule has 3 aromatic rings. The van der Waals surface area contributed by atoms with Gasteiger partial charge in [0.25, 0.3) is 5.91 Å². The highest BCUT2D eigenvalue weighted by Gasteiger charge is 2.52. The van der Waals surface area contributed by atoms with Crippen LogP contribution < -0.4 is 9.47 Å². The van der Waals surface area contributed by atoms with Gasteiger partial charge in [-0.3, -0.25) is 14.4 Å². The predicted molar refractivity (Wildman–Crippen MR) is 105 cm³/mol. The summed E-state index contributed by atoms with van der Waals surface area (Å²) < 4.78 is 10.9. The van der Waals surface area contributed by atoms with Crippen LogP contribution in [0.25, 0.3) is 10.9 Å². The Morgan fingerprint density at radius 2 is 1.80 bits per heavy atom. The Labute approximate surface area is 171 Å². The maximum Gasteiger partial charge on any atom is 0.253 e. The van der Waals surface area contributed by atoms with Crippen molar-refractivity contribution >= 4 is 28.5 Å². The number of nitrogens with zero attached hydrogens (tertiary/aromatic N) is 2. The Morgan fingerprint density at radius 3 is 2.67 bits per heavy atom. The second kappa shape index (κ2) is 5.85. The number of piperazine rings is 1. The summed E-state index contributed by atoms with van der Waals surface area (Å²) in [5, 5.41) is 0.747. The first-order valence-corrected chi connectivity index (χ1v) is 9.65. The molecule has 8 heteroatoms. The summed E-state index contributed by atoms with van der Waals surface area (Å²) in [5.74, 6) is 0.194. The third-order valence-corrected chi connectivity index (χ3v) is 6.04. The molecule has 1 fully saturated rings. The van der Waals surface area contributed by atoms with Crippen LogP contribution in [0.1, 0.15) is 27.7 Å². The number of hydrogen-bond donors (Lipinski definition) is 1. The normalized spacial score (nSPS) is 22.5. The molecular formula is C22H17N3O5. The predicted octanol–water partition coefficient (Wildman–Crippen LogP) is 1.85. The number of para-hydroxylation sites is 1. The van der Waals surface area contributed by atoms with Crippen molar-refractivity contribution in [2.75, 3.05) is 20.4 Å². The van der Waals surface area contributed by atoms with Crippen molar-refractivity contribution in [3.63, 3.8) is 0 Å². The molecule has 2 atom stereocenters. The third-order valence-electron chi connectivity index (χ3n) is 6.04. The van der Waals surface area contributed by atoms with E-state index < -0.39 is 12.1 Å². The van der Waals surface area contributed by atoms with Gasteiger partial charge in [-0.05, 0) is 23.8 Å².